The number of allylic oxidation sites excluding steroid dienone is 1. The maximum atomic E-state index is 12.4. The molecule has 236 valence electrons. The van der Waals surface area contributed by atoms with Crippen LogP contribution in [0.15, 0.2) is 83.1 Å². The Morgan fingerprint density at radius 2 is 1.69 bits per heavy atom. The van der Waals surface area contributed by atoms with Gasteiger partial charge in [0.25, 0.3) is 0 Å². The molecule has 3 aromatic rings. The van der Waals surface area contributed by atoms with Gasteiger partial charge in [-0.05, 0) is 85.6 Å². The summed E-state index contributed by atoms with van der Waals surface area (Å²) in [4.78, 5) is 36.9. The Morgan fingerprint density at radius 1 is 0.978 bits per heavy atom. The van der Waals surface area contributed by atoms with Crippen molar-refractivity contribution < 1.29 is 43.2 Å². The lowest BCUT2D eigenvalue weighted by Gasteiger charge is -2.28. The van der Waals surface area contributed by atoms with Crippen LogP contribution >= 0.6 is 0 Å². The Kier molecular flexibility index (Phi) is 11.0. The van der Waals surface area contributed by atoms with Gasteiger partial charge in [-0.1, -0.05) is 6.07 Å². The number of hydrazone groups is 1. The van der Waals surface area contributed by atoms with Crippen LogP contribution in [-0.4, -0.2) is 63.0 Å². The second-order valence-corrected chi connectivity index (χ2v) is 9.60. The van der Waals surface area contributed by atoms with Crippen molar-refractivity contribution in [2.45, 2.75) is 26.1 Å². The Hall–Kier alpha value is -5.56. The number of carbonyl (C=O) groups is 3. The largest absolute Gasteiger partial charge is 0.497 e. The number of esters is 2. The van der Waals surface area contributed by atoms with E-state index in [1.165, 1.54) is 13.3 Å². The molecule has 45 heavy (non-hydrogen) atoms. The van der Waals surface area contributed by atoms with E-state index in [2.05, 4.69) is 21.2 Å². The molecular formula is C32H34N4O9. The zero-order chi connectivity index (χ0) is 32.3. The first-order chi connectivity index (χ1) is 21.7. The molecule has 4 rings (SSSR count). The fraction of sp³-hybridized carbons (Fsp3) is 0.250. The van der Waals surface area contributed by atoms with Crippen molar-refractivity contribution in [1.29, 1.82) is 0 Å². The molecule has 0 saturated carbocycles. The molecule has 2 atom stereocenters. The summed E-state index contributed by atoms with van der Waals surface area (Å²) in [5, 5.41) is 19.7. The van der Waals surface area contributed by atoms with Gasteiger partial charge in [-0.15, -0.1) is 0 Å². The molecule has 1 heterocycles. The molecule has 0 fully saturated rings. The van der Waals surface area contributed by atoms with Gasteiger partial charge in [-0.3, -0.25) is 5.43 Å². The number of hydrogen-bond donors (Lipinski definition) is 4. The van der Waals surface area contributed by atoms with Crippen LogP contribution in [0.3, 0.4) is 0 Å². The number of nitrogens with zero attached hydrogens (tertiary/aromatic N) is 1. The minimum Gasteiger partial charge on any atom is -0.497 e. The summed E-state index contributed by atoms with van der Waals surface area (Å²) in [6, 6.07) is 17.0. The Bertz CT molecular complexity index is 1570. The summed E-state index contributed by atoms with van der Waals surface area (Å²) in [5.74, 6) is 0.614. The normalized spacial score (nSPS) is 15.0. The monoisotopic (exact) mass is 618 g/mol. The van der Waals surface area contributed by atoms with Gasteiger partial charge in [0.1, 0.15) is 18.1 Å². The predicted molar refractivity (Wildman–Crippen MR) is 163 cm³/mol. The first-order valence-corrected chi connectivity index (χ1v) is 13.9. The fourth-order valence-corrected chi connectivity index (χ4v) is 4.33. The van der Waals surface area contributed by atoms with E-state index < -0.39 is 30.2 Å². The number of aliphatic hydroxyl groups excluding tert-OH is 1. The fourth-order valence-electron chi connectivity index (χ4n) is 4.33. The van der Waals surface area contributed by atoms with Crippen LogP contribution in [0.1, 0.15) is 41.4 Å². The molecule has 2 amide bonds. The van der Waals surface area contributed by atoms with Gasteiger partial charge in [0.2, 0.25) is 0 Å². The van der Waals surface area contributed by atoms with E-state index in [9.17, 15) is 19.5 Å². The van der Waals surface area contributed by atoms with Gasteiger partial charge in [0, 0.05) is 5.70 Å². The molecule has 0 bridgehead atoms. The number of carbonyl (C=O) groups excluding carboxylic acids is 3. The molecule has 0 unspecified atom stereocenters. The summed E-state index contributed by atoms with van der Waals surface area (Å²) in [6.07, 6.45) is 0.320. The second-order valence-electron chi connectivity index (χ2n) is 9.60. The molecule has 0 aliphatic carbocycles. The number of urea groups is 1. The van der Waals surface area contributed by atoms with Gasteiger partial charge in [-0.25, -0.2) is 14.4 Å². The molecule has 4 N–H and O–H groups in total. The number of methoxy groups -OCH3 is 2. The number of rotatable bonds is 13. The number of aliphatic hydroxyl groups is 1. The van der Waals surface area contributed by atoms with Crippen LogP contribution in [-0.2, 0) is 9.53 Å². The van der Waals surface area contributed by atoms with Gasteiger partial charge in [-0.2, -0.15) is 5.10 Å². The van der Waals surface area contributed by atoms with E-state index in [0.717, 1.165) is 0 Å². The topological polar surface area (TPSA) is 166 Å². The molecule has 13 nitrogen and oxygen atoms in total. The minimum atomic E-state index is -1.17. The molecular weight excluding hydrogens is 584 g/mol. The van der Waals surface area contributed by atoms with Crippen LogP contribution in [0, 0.1) is 0 Å². The molecule has 1 aliphatic heterocycles. The average molecular weight is 619 g/mol. The molecule has 0 saturated heterocycles. The molecule has 3 aromatic carbocycles. The number of ether oxygens (including phenoxy) is 5. The SMILES string of the molecule is CCOc1cc([C@@H]2NC(=O)NC(C)=C2C(=O)OC)ccc1OC[C@@H](O)N/N=C/c1ccc(OC(=O)c2ccc(OC)cc2)cc1. The van der Waals surface area contributed by atoms with Crippen LogP contribution in [0.2, 0.25) is 0 Å². The van der Waals surface area contributed by atoms with E-state index in [1.54, 1.807) is 87.7 Å². The number of nitrogens with one attached hydrogen (secondary N) is 3. The van der Waals surface area contributed by atoms with E-state index in [1.807, 2.05) is 0 Å². The van der Waals surface area contributed by atoms with E-state index in [-0.39, 0.29) is 12.2 Å². The summed E-state index contributed by atoms with van der Waals surface area (Å²) in [7, 11) is 2.81. The number of amides is 2. The third-order valence-electron chi connectivity index (χ3n) is 6.53. The molecule has 13 heteroatoms. The summed E-state index contributed by atoms with van der Waals surface area (Å²) in [6.45, 7) is 3.57. The molecule has 0 radical (unpaired) electrons. The molecule has 0 spiro atoms. The zero-order valence-electron chi connectivity index (χ0n) is 25.2. The standard InChI is InChI=1S/C32H34N4O9/c1-5-43-26-16-22(29-28(31(39)42-4)19(2)34-32(40)35-29)10-15-25(26)44-18-27(37)36-33-17-20-6-11-24(12-7-20)45-30(38)21-8-13-23(41-3)14-9-21/h6-17,27,29,36-37H,5,18H2,1-4H3,(H2,34,35,40)/b33-17+/t27-,29+/m1/s1. The van der Waals surface area contributed by atoms with Gasteiger partial charge < -0.3 is 39.4 Å². The van der Waals surface area contributed by atoms with Gasteiger partial charge in [0.15, 0.2) is 17.7 Å². The van der Waals surface area contributed by atoms with Crippen molar-refractivity contribution in [2.75, 3.05) is 27.4 Å². The third-order valence-corrected chi connectivity index (χ3v) is 6.53. The third kappa shape index (κ3) is 8.51. The smallest absolute Gasteiger partial charge is 0.343 e. The van der Waals surface area contributed by atoms with Crippen molar-refractivity contribution in [2.24, 2.45) is 5.10 Å². The Balaban J connectivity index is 1.32. The molecule has 1 aliphatic rings. The maximum Gasteiger partial charge on any atom is 0.343 e. The van der Waals surface area contributed by atoms with Crippen LogP contribution in [0.5, 0.6) is 23.0 Å². The predicted octanol–water partition coefficient (Wildman–Crippen LogP) is 3.43. The van der Waals surface area contributed by atoms with Gasteiger partial charge >= 0.3 is 18.0 Å². The first-order valence-electron chi connectivity index (χ1n) is 13.9. The lowest BCUT2D eigenvalue weighted by Crippen LogP contribution is -2.45. The van der Waals surface area contributed by atoms with Crippen molar-refractivity contribution in [3.63, 3.8) is 0 Å². The van der Waals surface area contributed by atoms with Crippen molar-refractivity contribution in [3.05, 3.63) is 94.7 Å². The number of hydrogen-bond acceptors (Lipinski definition) is 11. The van der Waals surface area contributed by atoms with Crippen molar-refractivity contribution in [1.82, 2.24) is 16.1 Å². The lowest BCUT2D eigenvalue weighted by molar-refractivity contribution is -0.136. The minimum absolute atomic E-state index is 0.173. The van der Waals surface area contributed by atoms with Crippen LogP contribution in [0.4, 0.5) is 4.79 Å². The average Bonchev–Trinajstić information content (AvgIpc) is 3.04. The number of benzene rings is 3. The summed E-state index contributed by atoms with van der Waals surface area (Å²) >= 11 is 0. The highest BCUT2D eigenvalue weighted by atomic mass is 16.5. The highest BCUT2D eigenvalue weighted by Gasteiger charge is 2.32. The van der Waals surface area contributed by atoms with Crippen molar-refractivity contribution in [3.8, 4) is 23.0 Å². The summed E-state index contributed by atoms with van der Waals surface area (Å²) < 4.78 is 26.9. The van der Waals surface area contributed by atoms with Crippen LogP contribution in [0.25, 0.3) is 0 Å². The van der Waals surface area contributed by atoms with Crippen LogP contribution < -0.4 is 35.0 Å². The second kappa shape index (κ2) is 15.3. The Morgan fingerprint density at radius 3 is 2.36 bits per heavy atom. The van der Waals surface area contributed by atoms with Crippen molar-refractivity contribution >= 4 is 24.2 Å². The highest BCUT2D eigenvalue weighted by Crippen LogP contribution is 2.35. The lowest BCUT2D eigenvalue weighted by atomic mass is 9.95. The van der Waals surface area contributed by atoms with E-state index >= 15 is 0 Å². The van der Waals surface area contributed by atoms with E-state index in [0.29, 0.717) is 52.0 Å². The first kappa shape index (κ1) is 32.4. The molecule has 0 aromatic heterocycles. The highest BCUT2D eigenvalue weighted by molar-refractivity contribution is 5.95. The quantitative estimate of drug-likeness (QED) is 0.0733. The maximum absolute atomic E-state index is 12.4. The van der Waals surface area contributed by atoms with E-state index in [4.69, 9.17) is 23.7 Å². The Labute approximate surface area is 259 Å². The zero-order valence-corrected chi connectivity index (χ0v) is 25.2. The van der Waals surface area contributed by atoms with Gasteiger partial charge in [0.05, 0.1) is 44.2 Å². The summed E-state index contributed by atoms with van der Waals surface area (Å²) in [5.41, 5.74) is 4.87.